The Balaban J connectivity index is 1.33. The number of benzene rings is 1. The molecule has 5 heteroatoms. The van der Waals surface area contributed by atoms with E-state index in [0.29, 0.717) is 24.7 Å². The van der Waals surface area contributed by atoms with E-state index in [0.717, 1.165) is 36.9 Å². The molecule has 2 heterocycles. The maximum absolute atomic E-state index is 12.9. The van der Waals surface area contributed by atoms with Crippen LogP contribution in [0.5, 0.6) is 0 Å². The van der Waals surface area contributed by atoms with Gasteiger partial charge in [0.1, 0.15) is 6.61 Å². The van der Waals surface area contributed by atoms with Crippen molar-refractivity contribution in [2.24, 2.45) is 5.92 Å². The molecular weight excluding hydrogens is 364 g/mol. The van der Waals surface area contributed by atoms with Crippen LogP contribution in [0, 0.1) is 12.8 Å². The summed E-state index contributed by atoms with van der Waals surface area (Å²) in [5.41, 5.74) is 3.52. The zero-order valence-electron chi connectivity index (χ0n) is 16.9. The van der Waals surface area contributed by atoms with E-state index in [-0.39, 0.29) is 18.6 Å². The number of carbonyl (C=O) groups is 2. The zero-order valence-corrected chi connectivity index (χ0v) is 16.9. The Morgan fingerprint density at radius 3 is 2.62 bits per heavy atom. The highest BCUT2D eigenvalue weighted by Crippen LogP contribution is 2.37. The molecule has 4 rings (SSSR count). The summed E-state index contributed by atoms with van der Waals surface area (Å²) in [6.45, 7) is 2.31. The normalized spacial score (nSPS) is 24.4. The lowest BCUT2D eigenvalue weighted by Gasteiger charge is -2.30. The van der Waals surface area contributed by atoms with Crippen molar-refractivity contribution in [3.8, 4) is 0 Å². The summed E-state index contributed by atoms with van der Waals surface area (Å²) in [5.74, 6) is 0.801. The molecule has 0 spiro atoms. The van der Waals surface area contributed by atoms with Crippen molar-refractivity contribution in [3.05, 3.63) is 65.5 Å². The third-order valence-electron chi connectivity index (χ3n) is 6.25. The number of carbonyl (C=O) groups excluding carboxylic acids is 2. The highest BCUT2D eigenvalue weighted by atomic mass is 16.6. The predicted octanol–water partition coefficient (Wildman–Crippen LogP) is 4.64. The van der Waals surface area contributed by atoms with E-state index in [2.05, 4.69) is 17.1 Å². The molecule has 29 heavy (non-hydrogen) atoms. The maximum Gasteiger partial charge on any atom is 0.416 e. The van der Waals surface area contributed by atoms with Crippen LogP contribution in [0.25, 0.3) is 0 Å². The fourth-order valence-electron chi connectivity index (χ4n) is 4.67. The minimum atomic E-state index is -0.489. The SMILES string of the molecule is Cc1cc(C2CCC(CC(=O)N3C(=O)OCC3Cc3ccccc3)CC2)ccn1. The molecule has 2 aliphatic rings. The van der Waals surface area contributed by atoms with E-state index in [9.17, 15) is 9.59 Å². The number of aryl methyl sites for hydroxylation is 1. The van der Waals surface area contributed by atoms with Crippen molar-refractivity contribution in [1.82, 2.24) is 9.88 Å². The Morgan fingerprint density at radius 1 is 1.14 bits per heavy atom. The van der Waals surface area contributed by atoms with Crippen LogP contribution in [0.15, 0.2) is 48.7 Å². The number of pyridine rings is 1. The molecule has 2 amide bonds. The first kappa shape index (κ1) is 19.6. The van der Waals surface area contributed by atoms with Gasteiger partial charge in [0.05, 0.1) is 6.04 Å². The number of hydrogen-bond acceptors (Lipinski definition) is 4. The van der Waals surface area contributed by atoms with Crippen LogP contribution in [-0.4, -0.2) is 34.5 Å². The number of ether oxygens (including phenoxy) is 1. The van der Waals surface area contributed by atoms with Gasteiger partial charge in [-0.2, -0.15) is 0 Å². The Labute approximate surface area is 172 Å². The second-order valence-electron chi connectivity index (χ2n) is 8.34. The standard InChI is InChI=1S/C24H28N2O3/c1-17-13-21(11-12-25-17)20-9-7-19(8-10-20)15-23(27)26-22(16-29-24(26)28)14-18-5-3-2-4-6-18/h2-6,11-13,19-20,22H,7-10,14-16H2,1H3. The first-order valence-corrected chi connectivity index (χ1v) is 10.6. The fourth-order valence-corrected chi connectivity index (χ4v) is 4.67. The monoisotopic (exact) mass is 392 g/mol. The Kier molecular flexibility index (Phi) is 5.93. The van der Waals surface area contributed by atoms with Crippen molar-refractivity contribution >= 4 is 12.0 Å². The molecule has 2 aromatic rings. The van der Waals surface area contributed by atoms with E-state index in [1.807, 2.05) is 43.5 Å². The second-order valence-corrected chi connectivity index (χ2v) is 8.34. The molecule has 152 valence electrons. The third-order valence-corrected chi connectivity index (χ3v) is 6.25. The topological polar surface area (TPSA) is 59.5 Å². The molecule has 1 saturated carbocycles. The highest BCUT2D eigenvalue weighted by Gasteiger charge is 2.38. The van der Waals surface area contributed by atoms with Gasteiger partial charge in [0.25, 0.3) is 0 Å². The predicted molar refractivity (Wildman–Crippen MR) is 110 cm³/mol. The number of nitrogens with zero attached hydrogens (tertiary/aromatic N) is 2. The molecular formula is C24H28N2O3. The summed E-state index contributed by atoms with van der Waals surface area (Å²) >= 11 is 0. The lowest BCUT2D eigenvalue weighted by Crippen LogP contribution is -2.41. The van der Waals surface area contributed by atoms with Crippen LogP contribution < -0.4 is 0 Å². The van der Waals surface area contributed by atoms with Crippen LogP contribution in [0.1, 0.15) is 54.8 Å². The zero-order chi connectivity index (χ0) is 20.2. The van der Waals surface area contributed by atoms with Crippen LogP contribution in [0.4, 0.5) is 4.79 Å². The summed E-state index contributed by atoms with van der Waals surface area (Å²) in [5, 5.41) is 0. The second kappa shape index (κ2) is 8.76. The van der Waals surface area contributed by atoms with Crippen LogP contribution in [-0.2, 0) is 16.0 Å². The van der Waals surface area contributed by atoms with E-state index in [4.69, 9.17) is 4.74 Å². The summed E-state index contributed by atoms with van der Waals surface area (Å²) in [7, 11) is 0. The average Bonchev–Trinajstić information content (AvgIpc) is 3.09. The molecule has 0 N–H and O–H groups in total. The van der Waals surface area contributed by atoms with Gasteiger partial charge in [-0.05, 0) is 74.1 Å². The maximum atomic E-state index is 12.9. The average molecular weight is 392 g/mol. The summed E-state index contributed by atoms with van der Waals surface area (Å²) in [4.78, 5) is 30.8. The smallest absolute Gasteiger partial charge is 0.416 e. The first-order valence-electron chi connectivity index (χ1n) is 10.6. The molecule has 2 fully saturated rings. The van der Waals surface area contributed by atoms with Gasteiger partial charge in [0.2, 0.25) is 5.91 Å². The van der Waals surface area contributed by atoms with E-state index in [1.165, 1.54) is 10.5 Å². The minimum Gasteiger partial charge on any atom is -0.447 e. The van der Waals surface area contributed by atoms with Gasteiger partial charge in [-0.1, -0.05) is 30.3 Å². The minimum absolute atomic E-state index is 0.0864. The molecule has 1 aliphatic carbocycles. The van der Waals surface area contributed by atoms with E-state index < -0.39 is 6.09 Å². The molecule has 5 nitrogen and oxygen atoms in total. The fraction of sp³-hybridized carbons (Fsp3) is 0.458. The third kappa shape index (κ3) is 4.66. The number of amides is 2. The van der Waals surface area contributed by atoms with Gasteiger partial charge < -0.3 is 4.74 Å². The van der Waals surface area contributed by atoms with Crippen LogP contribution in [0.3, 0.4) is 0 Å². The van der Waals surface area contributed by atoms with Gasteiger partial charge in [-0.15, -0.1) is 0 Å². The number of rotatable bonds is 5. The van der Waals surface area contributed by atoms with Crippen molar-refractivity contribution in [2.75, 3.05) is 6.61 Å². The molecule has 0 radical (unpaired) electrons. The summed E-state index contributed by atoms with van der Waals surface area (Å²) in [6.07, 6.45) is 6.67. The molecule has 1 aromatic carbocycles. The lowest BCUT2D eigenvalue weighted by molar-refractivity contribution is -0.130. The van der Waals surface area contributed by atoms with Crippen LogP contribution >= 0.6 is 0 Å². The number of cyclic esters (lactones) is 1. The van der Waals surface area contributed by atoms with Crippen molar-refractivity contribution < 1.29 is 14.3 Å². The quantitative estimate of drug-likeness (QED) is 0.743. The van der Waals surface area contributed by atoms with Gasteiger partial charge in [-0.25, -0.2) is 9.69 Å². The Bertz CT molecular complexity index is 859. The number of imide groups is 1. The summed E-state index contributed by atoms with van der Waals surface area (Å²) < 4.78 is 5.21. The van der Waals surface area contributed by atoms with Crippen LogP contribution in [0.2, 0.25) is 0 Å². The Morgan fingerprint density at radius 2 is 1.90 bits per heavy atom. The van der Waals surface area contributed by atoms with Gasteiger partial charge in [0, 0.05) is 18.3 Å². The molecule has 0 bridgehead atoms. The molecule has 1 saturated heterocycles. The molecule has 1 aliphatic heterocycles. The molecule has 1 atom stereocenters. The van der Waals surface area contributed by atoms with Crippen molar-refractivity contribution in [1.29, 1.82) is 0 Å². The van der Waals surface area contributed by atoms with Gasteiger partial charge >= 0.3 is 6.09 Å². The van der Waals surface area contributed by atoms with Gasteiger partial charge in [0.15, 0.2) is 0 Å². The lowest BCUT2D eigenvalue weighted by atomic mass is 9.77. The van der Waals surface area contributed by atoms with E-state index >= 15 is 0 Å². The molecule has 1 unspecified atom stereocenters. The van der Waals surface area contributed by atoms with Gasteiger partial charge in [-0.3, -0.25) is 9.78 Å². The number of aromatic nitrogens is 1. The largest absolute Gasteiger partial charge is 0.447 e. The highest BCUT2D eigenvalue weighted by molar-refractivity contribution is 5.93. The molecule has 1 aromatic heterocycles. The summed E-state index contributed by atoms with van der Waals surface area (Å²) in [6, 6.07) is 14.0. The van der Waals surface area contributed by atoms with Crippen molar-refractivity contribution in [2.45, 2.75) is 57.4 Å². The van der Waals surface area contributed by atoms with Crippen molar-refractivity contribution in [3.63, 3.8) is 0 Å². The van der Waals surface area contributed by atoms with E-state index in [1.54, 1.807) is 0 Å². The Hall–Kier alpha value is -2.69. The first-order chi connectivity index (χ1) is 14.1. The number of hydrogen-bond donors (Lipinski definition) is 0.